The number of furan rings is 1. The first-order valence-electron chi connectivity index (χ1n) is 9.35. The topological polar surface area (TPSA) is 38.9 Å². The largest absolute Gasteiger partial charge is 0.455 e. The van der Waals surface area contributed by atoms with E-state index in [1.807, 2.05) is 18.2 Å². The van der Waals surface area contributed by atoms with Crippen LogP contribution in [-0.2, 0) is 6.42 Å². The normalized spacial score (nSPS) is 11.8. The molecule has 0 aliphatic rings. The Morgan fingerprint density at radius 2 is 1.70 bits per heavy atom. The second-order valence-electron chi connectivity index (χ2n) is 7.45. The van der Waals surface area contributed by atoms with Gasteiger partial charge in [-0.25, -0.2) is 9.97 Å². The number of para-hydroxylation sites is 2. The van der Waals surface area contributed by atoms with Crippen LogP contribution in [0.5, 0.6) is 0 Å². The second-order valence-corrected chi connectivity index (χ2v) is 7.45. The molecule has 5 aromatic rings. The van der Waals surface area contributed by atoms with Crippen LogP contribution in [0.15, 0.2) is 71.4 Å². The Bertz CT molecular complexity index is 1280. The summed E-state index contributed by atoms with van der Waals surface area (Å²) in [7, 11) is 0. The maximum atomic E-state index is 6.20. The highest BCUT2D eigenvalue weighted by Crippen LogP contribution is 2.37. The van der Waals surface area contributed by atoms with Crippen molar-refractivity contribution in [3.63, 3.8) is 0 Å². The summed E-state index contributed by atoms with van der Waals surface area (Å²) in [5.41, 5.74) is 5.99. The van der Waals surface area contributed by atoms with Crippen LogP contribution in [-0.4, -0.2) is 9.97 Å². The van der Waals surface area contributed by atoms with Crippen LogP contribution in [0.1, 0.15) is 19.4 Å². The molecule has 0 N–H and O–H groups in total. The van der Waals surface area contributed by atoms with Crippen molar-refractivity contribution in [1.29, 1.82) is 0 Å². The number of nitrogens with zero attached hydrogens (tertiary/aromatic N) is 2. The Hall–Kier alpha value is -3.20. The fourth-order valence-electron chi connectivity index (χ4n) is 3.85. The molecule has 2 aromatic heterocycles. The molecule has 0 amide bonds. The van der Waals surface area contributed by atoms with Gasteiger partial charge in [0, 0.05) is 21.7 Å². The van der Waals surface area contributed by atoms with Gasteiger partial charge in [-0.1, -0.05) is 56.3 Å². The van der Waals surface area contributed by atoms with Crippen LogP contribution < -0.4 is 0 Å². The average molecular weight is 352 g/mol. The lowest BCUT2D eigenvalue weighted by molar-refractivity contribution is 0.647. The molecular formula is C24H20N2O. The molecule has 0 radical (unpaired) electrons. The average Bonchev–Trinajstić information content (AvgIpc) is 3.06. The molecule has 132 valence electrons. The number of hydrogen-bond donors (Lipinski definition) is 0. The highest BCUT2D eigenvalue weighted by atomic mass is 16.3. The third-order valence-corrected chi connectivity index (χ3v) is 5.00. The summed E-state index contributed by atoms with van der Waals surface area (Å²) in [6.45, 7) is 4.47. The van der Waals surface area contributed by atoms with E-state index in [1.165, 1.54) is 5.56 Å². The van der Waals surface area contributed by atoms with E-state index in [-0.39, 0.29) is 0 Å². The van der Waals surface area contributed by atoms with Gasteiger partial charge in [0.25, 0.3) is 0 Å². The van der Waals surface area contributed by atoms with Gasteiger partial charge in [-0.15, -0.1) is 0 Å². The quantitative estimate of drug-likeness (QED) is 0.377. The van der Waals surface area contributed by atoms with E-state index in [0.717, 1.165) is 50.5 Å². The van der Waals surface area contributed by atoms with Crippen molar-refractivity contribution in [1.82, 2.24) is 9.97 Å². The SMILES string of the molecule is CC(C)Cc1ccc2c(-c3cccc4c3oc3ccccc34)ncnc2c1. The summed E-state index contributed by atoms with van der Waals surface area (Å²) in [4.78, 5) is 9.13. The van der Waals surface area contributed by atoms with E-state index in [0.29, 0.717) is 5.92 Å². The van der Waals surface area contributed by atoms with Gasteiger partial charge in [-0.3, -0.25) is 0 Å². The molecular weight excluding hydrogens is 332 g/mol. The Labute approximate surface area is 157 Å². The molecule has 3 nitrogen and oxygen atoms in total. The molecule has 0 saturated carbocycles. The van der Waals surface area contributed by atoms with Gasteiger partial charge in [0.2, 0.25) is 0 Å². The Morgan fingerprint density at radius 1 is 0.852 bits per heavy atom. The Kier molecular flexibility index (Phi) is 3.68. The molecule has 0 aliphatic carbocycles. The summed E-state index contributed by atoms with van der Waals surface area (Å²) >= 11 is 0. The molecule has 0 saturated heterocycles. The third-order valence-electron chi connectivity index (χ3n) is 5.00. The number of aromatic nitrogens is 2. The van der Waals surface area contributed by atoms with Gasteiger partial charge in [-0.05, 0) is 36.1 Å². The number of rotatable bonds is 3. The van der Waals surface area contributed by atoms with Crippen LogP contribution in [0.3, 0.4) is 0 Å². The molecule has 0 bridgehead atoms. The van der Waals surface area contributed by atoms with E-state index >= 15 is 0 Å². The summed E-state index contributed by atoms with van der Waals surface area (Å²) in [5.74, 6) is 0.619. The predicted molar refractivity (Wildman–Crippen MR) is 111 cm³/mol. The van der Waals surface area contributed by atoms with E-state index < -0.39 is 0 Å². The molecule has 0 atom stereocenters. The van der Waals surface area contributed by atoms with Gasteiger partial charge in [0.1, 0.15) is 17.5 Å². The molecule has 0 aliphatic heterocycles. The van der Waals surface area contributed by atoms with Gasteiger partial charge in [0.05, 0.1) is 11.2 Å². The third kappa shape index (κ3) is 2.67. The van der Waals surface area contributed by atoms with Gasteiger partial charge in [0.15, 0.2) is 0 Å². The Balaban J connectivity index is 1.76. The van der Waals surface area contributed by atoms with E-state index in [1.54, 1.807) is 6.33 Å². The minimum Gasteiger partial charge on any atom is -0.455 e. The smallest absolute Gasteiger partial charge is 0.144 e. The van der Waals surface area contributed by atoms with E-state index in [4.69, 9.17) is 4.42 Å². The molecule has 3 aromatic carbocycles. The van der Waals surface area contributed by atoms with E-state index in [2.05, 4.69) is 66.3 Å². The lowest BCUT2D eigenvalue weighted by atomic mass is 9.99. The minimum atomic E-state index is 0.619. The van der Waals surface area contributed by atoms with Crippen LogP contribution in [0, 0.1) is 5.92 Å². The molecule has 0 fully saturated rings. The molecule has 5 rings (SSSR count). The summed E-state index contributed by atoms with van der Waals surface area (Å²) in [6, 6.07) is 20.9. The molecule has 0 unspecified atom stereocenters. The van der Waals surface area contributed by atoms with Crippen molar-refractivity contribution in [3.8, 4) is 11.3 Å². The van der Waals surface area contributed by atoms with Crippen LogP contribution in [0.25, 0.3) is 44.1 Å². The highest BCUT2D eigenvalue weighted by Gasteiger charge is 2.15. The van der Waals surface area contributed by atoms with Gasteiger partial charge < -0.3 is 4.42 Å². The summed E-state index contributed by atoms with van der Waals surface area (Å²) in [6.07, 6.45) is 2.70. The standard InChI is InChI=1S/C24H20N2O/c1-15(2)12-16-10-11-19-21(13-16)25-14-26-23(19)20-8-5-7-18-17-6-3-4-9-22(17)27-24(18)20/h3-11,13-15H,12H2,1-2H3. The highest BCUT2D eigenvalue weighted by molar-refractivity contribution is 6.11. The predicted octanol–water partition coefficient (Wildman–Crippen LogP) is 6.39. The zero-order chi connectivity index (χ0) is 18.4. The first-order chi connectivity index (χ1) is 13.2. The zero-order valence-electron chi connectivity index (χ0n) is 15.4. The first kappa shape index (κ1) is 16.0. The number of hydrogen-bond acceptors (Lipinski definition) is 3. The van der Waals surface area contributed by atoms with Gasteiger partial charge in [-0.2, -0.15) is 0 Å². The van der Waals surface area contributed by atoms with Crippen LogP contribution >= 0.6 is 0 Å². The zero-order valence-corrected chi connectivity index (χ0v) is 15.4. The van der Waals surface area contributed by atoms with Crippen molar-refractivity contribution in [3.05, 3.63) is 72.6 Å². The van der Waals surface area contributed by atoms with Crippen molar-refractivity contribution in [2.75, 3.05) is 0 Å². The van der Waals surface area contributed by atoms with Crippen molar-refractivity contribution in [2.45, 2.75) is 20.3 Å². The van der Waals surface area contributed by atoms with Crippen LogP contribution in [0.4, 0.5) is 0 Å². The molecule has 0 spiro atoms. The van der Waals surface area contributed by atoms with Crippen molar-refractivity contribution < 1.29 is 4.42 Å². The fraction of sp³-hybridized carbons (Fsp3) is 0.167. The van der Waals surface area contributed by atoms with Crippen molar-refractivity contribution >= 4 is 32.8 Å². The van der Waals surface area contributed by atoms with Gasteiger partial charge >= 0.3 is 0 Å². The first-order valence-corrected chi connectivity index (χ1v) is 9.35. The summed E-state index contributed by atoms with van der Waals surface area (Å²) in [5, 5.41) is 3.30. The number of fused-ring (bicyclic) bond motifs is 4. The monoisotopic (exact) mass is 352 g/mol. The van der Waals surface area contributed by atoms with Crippen molar-refractivity contribution in [2.24, 2.45) is 5.92 Å². The lowest BCUT2D eigenvalue weighted by Gasteiger charge is -2.09. The molecule has 27 heavy (non-hydrogen) atoms. The van der Waals surface area contributed by atoms with E-state index in [9.17, 15) is 0 Å². The maximum Gasteiger partial charge on any atom is 0.144 e. The summed E-state index contributed by atoms with van der Waals surface area (Å²) < 4.78 is 6.20. The second kappa shape index (κ2) is 6.20. The van der Waals surface area contributed by atoms with Crippen LogP contribution in [0.2, 0.25) is 0 Å². The minimum absolute atomic E-state index is 0.619. The molecule has 3 heteroatoms. The Morgan fingerprint density at radius 3 is 2.59 bits per heavy atom. The lowest BCUT2D eigenvalue weighted by Crippen LogP contribution is -1.95. The fourth-order valence-corrected chi connectivity index (χ4v) is 3.85. The molecule has 2 heterocycles. The maximum absolute atomic E-state index is 6.20. The number of benzene rings is 3.